The van der Waals surface area contributed by atoms with Crippen LogP contribution in [0.4, 0.5) is 4.79 Å². The minimum absolute atomic E-state index is 0.0825. The van der Waals surface area contributed by atoms with E-state index in [1.807, 2.05) is 10.8 Å². The molecule has 11 heteroatoms. The van der Waals surface area contributed by atoms with Crippen molar-refractivity contribution in [2.75, 3.05) is 6.61 Å². The minimum Gasteiger partial charge on any atom is -0.466 e. The minimum atomic E-state index is -4.58. The lowest BCUT2D eigenvalue weighted by Crippen LogP contribution is -2.36. The van der Waals surface area contributed by atoms with Gasteiger partial charge in [0.05, 0.1) is 12.5 Å². The summed E-state index contributed by atoms with van der Waals surface area (Å²) in [5, 5.41) is 0. The third-order valence-corrected chi connectivity index (χ3v) is 7.57. The first-order valence-corrected chi connectivity index (χ1v) is 14.2. The van der Waals surface area contributed by atoms with Gasteiger partial charge in [0, 0.05) is 11.8 Å². The summed E-state index contributed by atoms with van der Waals surface area (Å²) in [6.45, 7) is 1.80. The fourth-order valence-electron chi connectivity index (χ4n) is 4.33. The molecule has 0 aliphatic heterocycles. The second-order valence-electron chi connectivity index (χ2n) is 9.06. The van der Waals surface area contributed by atoms with Crippen molar-refractivity contribution in [1.82, 2.24) is 8.69 Å². The molecule has 0 bridgehead atoms. The number of rotatable bonds is 10. The van der Waals surface area contributed by atoms with Crippen LogP contribution < -0.4 is 4.72 Å². The molecule has 1 unspecified atom stereocenters. The maximum atomic E-state index is 13.3. The number of allylic oxidation sites excluding steroid dienone is 2. The van der Waals surface area contributed by atoms with Crippen molar-refractivity contribution in [3.05, 3.63) is 101 Å². The SMILES string of the molecule is CCOC(=O)C1CC=C(c2ccn(S(=O)(=O)NC(=O)OCc3ccccc3)c2C(=O)OCc2ccccc2)CC1. The maximum Gasteiger partial charge on any atom is 0.422 e. The van der Waals surface area contributed by atoms with E-state index < -0.39 is 22.3 Å². The predicted octanol–water partition coefficient (Wildman–Crippen LogP) is 4.61. The molecule has 40 heavy (non-hydrogen) atoms. The van der Waals surface area contributed by atoms with Gasteiger partial charge in [-0.15, -0.1) is 0 Å². The molecular weight excluding hydrogens is 536 g/mol. The Labute approximate surface area is 232 Å². The first kappa shape index (κ1) is 28.6. The van der Waals surface area contributed by atoms with E-state index in [2.05, 4.69) is 0 Å². The van der Waals surface area contributed by atoms with Crippen LogP contribution in [0.3, 0.4) is 0 Å². The zero-order valence-corrected chi connectivity index (χ0v) is 22.8. The van der Waals surface area contributed by atoms with E-state index in [-0.39, 0.29) is 37.4 Å². The molecule has 1 heterocycles. The summed E-state index contributed by atoms with van der Waals surface area (Å²) >= 11 is 0. The molecule has 1 aromatic heterocycles. The van der Waals surface area contributed by atoms with Gasteiger partial charge in [-0.1, -0.05) is 66.7 Å². The van der Waals surface area contributed by atoms with Gasteiger partial charge in [0.1, 0.15) is 13.2 Å². The van der Waals surface area contributed by atoms with Crippen LogP contribution in [0.2, 0.25) is 0 Å². The lowest BCUT2D eigenvalue weighted by atomic mass is 9.86. The number of carbonyl (C=O) groups is 3. The normalized spacial score (nSPS) is 15.0. The number of carbonyl (C=O) groups excluding carboxylic acids is 3. The lowest BCUT2D eigenvalue weighted by molar-refractivity contribution is -0.148. The van der Waals surface area contributed by atoms with Crippen molar-refractivity contribution in [3.8, 4) is 0 Å². The Morgan fingerprint density at radius 2 is 1.52 bits per heavy atom. The average Bonchev–Trinajstić information content (AvgIpc) is 3.43. The summed E-state index contributed by atoms with van der Waals surface area (Å²) in [5.41, 5.74) is 2.15. The Balaban J connectivity index is 1.58. The van der Waals surface area contributed by atoms with Crippen molar-refractivity contribution in [3.63, 3.8) is 0 Å². The monoisotopic (exact) mass is 566 g/mol. The van der Waals surface area contributed by atoms with Gasteiger partial charge in [-0.05, 0) is 49.0 Å². The number of hydrogen-bond donors (Lipinski definition) is 1. The van der Waals surface area contributed by atoms with Crippen LogP contribution in [-0.4, -0.2) is 37.0 Å². The smallest absolute Gasteiger partial charge is 0.422 e. The van der Waals surface area contributed by atoms with Crippen LogP contribution in [-0.2, 0) is 42.4 Å². The van der Waals surface area contributed by atoms with Crippen LogP contribution in [0.15, 0.2) is 79.0 Å². The van der Waals surface area contributed by atoms with Gasteiger partial charge in [0.15, 0.2) is 5.69 Å². The topological polar surface area (TPSA) is 130 Å². The molecule has 0 fully saturated rings. The lowest BCUT2D eigenvalue weighted by Gasteiger charge is -2.21. The highest BCUT2D eigenvalue weighted by molar-refractivity contribution is 7.88. The second kappa shape index (κ2) is 13.1. The standard InChI is InChI=1S/C29H30N2O8S/c1-2-37-27(32)24-15-13-23(14-16-24)25-17-18-31(26(25)28(33)38-19-21-9-5-3-6-10-21)40(35,36)30-29(34)39-20-22-11-7-4-8-12-22/h3-13,17-18,24H,2,14-16,19-20H2,1H3,(H,30,34). The summed E-state index contributed by atoms with van der Waals surface area (Å²) in [7, 11) is -4.58. The van der Waals surface area contributed by atoms with Crippen molar-refractivity contribution in [2.45, 2.75) is 39.4 Å². The fourth-order valence-corrected chi connectivity index (χ4v) is 5.33. The Morgan fingerprint density at radius 1 is 0.900 bits per heavy atom. The Kier molecular flexibility index (Phi) is 9.39. The number of esters is 2. The Hall–Kier alpha value is -4.38. The first-order chi connectivity index (χ1) is 19.3. The number of benzene rings is 2. The summed E-state index contributed by atoms with van der Waals surface area (Å²) in [6.07, 6.45) is 3.06. The molecule has 0 spiro atoms. The highest BCUT2D eigenvalue weighted by Crippen LogP contribution is 2.34. The summed E-state index contributed by atoms with van der Waals surface area (Å²) in [4.78, 5) is 37.8. The van der Waals surface area contributed by atoms with E-state index in [0.29, 0.717) is 39.9 Å². The summed E-state index contributed by atoms with van der Waals surface area (Å²) in [5.74, 6) is -1.50. The molecule has 0 saturated carbocycles. The molecule has 1 amide bonds. The molecule has 210 valence electrons. The van der Waals surface area contributed by atoms with E-state index in [9.17, 15) is 22.8 Å². The van der Waals surface area contributed by atoms with Crippen LogP contribution in [0.25, 0.3) is 5.57 Å². The van der Waals surface area contributed by atoms with Gasteiger partial charge in [-0.25, -0.2) is 18.3 Å². The zero-order valence-electron chi connectivity index (χ0n) is 21.9. The molecule has 4 rings (SSSR count). The largest absolute Gasteiger partial charge is 0.466 e. The second-order valence-corrected chi connectivity index (χ2v) is 10.6. The average molecular weight is 567 g/mol. The summed E-state index contributed by atoms with van der Waals surface area (Å²) in [6, 6.07) is 19.2. The van der Waals surface area contributed by atoms with Gasteiger partial charge in [0.2, 0.25) is 0 Å². The Bertz CT molecular complexity index is 1480. The molecular formula is C29H30N2O8S. The van der Waals surface area contributed by atoms with Gasteiger partial charge < -0.3 is 14.2 Å². The predicted molar refractivity (Wildman–Crippen MR) is 146 cm³/mol. The highest BCUT2D eigenvalue weighted by Gasteiger charge is 2.31. The van der Waals surface area contributed by atoms with E-state index in [1.165, 1.54) is 12.3 Å². The number of nitrogens with one attached hydrogen (secondary N) is 1. The number of ether oxygens (including phenoxy) is 3. The molecule has 0 radical (unpaired) electrons. The number of aromatic nitrogens is 1. The van der Waals surface area contributed by atoms with Crippen molar-refractivity contribution < 1.29 is 37.0 Å². The van der Waals surface area contributed by atoms with Crippen molar-refractivity contribution in [1.29, 1.82) is 0 Å². The first-order valence-electron chi connectivity index (χ1n) is 12.8. The molecule has 10 nitrogen and oxygen atoms in total. The van der Waals surface area contributed by atoms with Gasteiger partial charge in [-0.3, -0.25) is 4.79 Å². The molecule has 1 aliphatic rings. The van der Waals surface area contributed by atoms with Gasteiger partial charge in [0.25, 0.3) is 0 Å². The molecule has 0 saturated heterocycles. The van der Waals surface area contributed by atoms with E-state index in [4.69, 9.17) is 14.2 Å². The summed E-state index contributed by atoms with van der Waals surface area (Å²) < 4.78 is 44.6. The molecule has 1 aliphatic carbocycles. The highest BCUT2D eigenvalue weighted by atomic mass is 32.2. The van der Waals surface area contributed by atoms with Gasteiger partial charge >= 0.3 is 28.2 Å². The molecule has 1 N–H and O–H groups in total. The molecule has 2 aromatic carbocycles. The van der Waals surface area contributed by atoms with Crippen LogP contribution in [0, 0.1) is 5.92 Å². The third kappa shape index (κ3) is 7.17. The third-order valence-electron chi connectivity index (χ3n) is 6.32. The molecule has 1 atom stereocenters. The Morgan fingerprint density at radius 3 is 2.10 bits per heavy atom. The van der Waals surface area contributed by atoms with E-state index in [0.717, 1.165) is 5.56 Å². The quantitative estimate of drug-likeness (QED) is 0.278. The number of amides is 1. The van der Waals surface area contributed by atoms with Crippen LogP contribution >= 0.6 is 0 Å². The van der Waals surface area contributed by atoms with E-state index >= 15 is 0 Å². The number of nitrogens with zero attached hydrogens (tertiary/aromatic N) is 1. The fraction of sp³-hybridized carbons (Fsp3) is 0.276. The number of hydrogen-bond acceptors (Lipinski definition) is 8. The zero-order chi connectivity index (χ0) is 28.5. The van der Waals surface area contributed by atoms with E-state index in [1.54, 1.807) is 67.6 Å². The molecule has 3 aromatic rings. The van der Waals surface area contributed by atoms with Crippen LogP contribution in [0.5, 0.6) is 0 Å². The maximum absolute atomic E-state index is 13.3. The van der Waals surface area contributed by atoms with Crippen molar-refractivity contribution >= 4 is 33.8 Å². The van der Waals surface area contributed by atoms with Crippen molar-refractivity contribution in [2.24, 2.45) is 5.92 Å². The van der Waals surface area contributed by atoms with Crippen LogP contribution in [0.1, 0.15) is 53.4 Å². The van der Waals surface area contributed by atoms with Gasteiger partial charge in [-0.2, -0.15) is 8.42 Å².